The van der Waals surface area contributed by atoms with Crippen LogP contribution in [0.15, 0.2) is 18.3 Å². The summed E-state index contributed by atoms with van der Waals surface area (Å²) in [6.07, 6.45) is -0.143. The molecule has 0 saturated carbocycles. The summed E-state index contributed by atoms with van der Waals surface area (Å²) >= 11 is 5.65. The number of carbonyl (C=O) groups excluding carboxylic acids is 1. The van der Waals surface area contributed by atoms with Gasteiger partial charge in [0.15, 0.2) is 0 Å². The number of amides is 1. The van der Waals surface area contributed by atoms with Gasteiger partial charge in [-0.1, -0.05) is 25.4 Å². The van der Waals surface area contributed by atoms with Gasteiger partial charge >= 0.3 is 0 Å². The van der Waals surface area contributed by atoms with Gasteiger partial charge in [0.05, 0.1) is 17.4 Å². The van der Waals surface area contributed by atoms with E-state index in [9.17, 15) is 18.3 Å². The van der Waals surface area contributed by atoms with Crippen LogP contribution in [0.1, 0.15) is 13.8 Å². The van der Waals surface area contributed by atoms with E-state index in [0.717, 1.165) is 0 Å². The van der Waals surface area contributed by atoms with Crippen molar-refractivity contribution in [2.24, 2.45) is 5.41 Å². The topological polar surface area (TPSA) is 129 Å². The average molecular weight is 366 g/mol. The Hall–Kier alpha value is -1.42. The van der Waals surface area contributed by atoms with Gasteiger partial charge in [0.1, 0.15) is 11.9 Å². The van der Waals surface area contributed by atoms with Gasteiger partial charge in [-0.15, -0.1) is 0 Å². The summed E-state index contributed by atoms with van der Waals surface area (Å²) in [4.78, 5) is 15.5. The molecule has 0 fully saturated rings. The van der Waals surface area contributed by atoms with Crippen LogP contribution in [0.3, 0.4) is 0 Å². The highest BCUT2D eigenvalue weighted by Gasteiger charge is 2.32. The summed E-state index contributed by atoms with van der Waals surface area (Å²) in [5, 5.41) is 21.6. The first-order chi connectivity index (χ1) is 10.6. The number of halogens is 1. The molecule has 0 aliphatic rings. The number of nitrogens with zero attached hydrogens (tertiary/aromatic N) is 1. The zero-order chi connectivity index (χ0) is 17.7. The Kier molecular flexibility index (Phi) is 6.75. The molecule has 0 aromatic carbocycles. The van der Waals surface area contributed by atoms with Crippen molar-refractivity contribution in [1.29, 1.82) is 0 Å². The lowest BCUT2D eigenvalue weighted by Gasteiger charge is -2.27. The maximum atomic E-state index is 11.9. The van der Waals surface area contributed by atoms with E-state index in [1.165, 1.54) is 32.2 Å². The third-order valence-corrected chi connectivity index (χ3v) is 4.54. The second kappa shape index (κ2) is 7.91. The Balaban J connectivity index is 2.51. The Morgan fingerprint density at radius 2 is 2.09 bits per heavy atom. The minimum absolute atomic E-state index is 0.113. The van der Waals surface area contributed by atoms with Gasteiger partial charge in [-0.05, 0) is 12.1 Å². The predicted molar refractivity (Wildman–Crippen MR) is 86.5 cm³/mol. The number of hydrogen-bond donors (Lipinski definition) is 4. The van der Waals surface area contributed by atoms with Crippen LogP contribution < -0.4 is 10.0 Å². The van der Waals surface area contributed by atoms with Gasteiger partial charge in [-0.2, -0.15) is 0 Å². The first kappa shape index (κ1) is 19.6. The molecule has 1 rings (SSSR count). The summed E-state index contributed by atoms with van der Waals surface area (Å²) in [7, 11) is -3.71. The second-order valence-electron chi connectivity index (χ2n) is 5.62. The van der Waals surface area contributed by atoms with Crippen LogP contribution in [-0.2, 0) is 14.8 Å². The zero-order valence-electron chi connectivity index (χ0n) is 12.8. The summed E-state index contributed by atoms with van der Waals surface area (Å²) in [6.45, 7) is 2.45. The van der Waals surface area contributed by atoms with Crippen molar-refractivity contribution in [3.63, 3.8) is 0 Å². The average Bonchev–Trinajstić information content (AvgIpc) is 2.48. The summed E-state index contributed by atoms with van der Waals surface area (Å²) < 4.78 is 25.9. The molecule has 0 aliphatic heterocycles. The number of hydrogen-bond acceptors (Lipinski definition) is 6. The van der Waals surface area contributed by atoms with Crippen LogP contribution in [0.4, 0.5) is 5.82 Å². The Bertz CT molecular complexity index is 634. The molecule has 1 amide bonds. The lowest BCUT2D eigenvalue weighted by atomic mass is 9.87. The van der Waals surface area contributed by atoms with E-state index in [0.29, 0.717) is 5.02 Å². The SMILES string of the molecule is CC(C)(CO)[C@@H](O)C(=O)NCCS(=O)(=O)Nc1ccc(Cl)cn1. The van der Waals surface area contributed by atoms with Gasteiger partial charge in [-0.3, -0.25) is 9.52 Å². The fourth-order valence-electron chi connectivity index (χ4n) is 1.49. The highest BCUT2D eigenvalue weighted by molar-refractivity contribution is 7.92. The van der Waals surface area contributed by atoms with Crippen molar-refractivity contribution in [3.8, 4) is 0 Å². The van der Waals surface area contributed by atoms with Crippen LogP contribution in [0.25, 0.3) is 0 Å². The normalized spacial score (nSPS) is 13.4. The molecule has 10 heteroatoms. The summed E-state index contributed by atoms with van der Waals surface area (Å²) in [6, 6.07) is 2.90. The van der Waals surface area contributed by atoms with Gasteiger partial charge in [0.25, 0.3) is 0 Å². The molecule has 8 nitrogen and oxygen atoms in total. The van der Waals surface area contributed by atoms with E-state index in [1.807, 2.05) is 0 Å². The lowest BCUT2D eigenvalue weighted by molar-refractivity contribution is -0.136. The Morgan fingerprint density at radius 1 is 1.43 bits per heavy atom. The quantitative estimate of drug-likeness (QED) is 0.512. The van der Waals surface area contributed by atoms with E-state index in [1.54, 1.807) is 0 Å². The van der Waals surface area contributed by atoms with Gasteiger partial charge in [0, 0.05) is 18.2 Å². The van der Waals surface area contributed by atoms with Crippen LogP contribution in [-0.4, -0.2) is 54.5 Å². The van der Waals surface area contributed by atoms with Gasteiger partial charge in [-0.25, -0.2) is 13.4 Å². The minimum Gasteiger partial charge on any atom is -0.396 e. The molecule has 0 spiro atoms. The number of aliphatic hydroxyl groups excluding tert-OH is 2. The standard InChI is InChI=1S/C13H20ClN3O5S/c1-13(2,8-18)11(19)12(20)15-5-6-23(21,22)17-10-4-3-9(14)7-16-10/h3-4,7,11,18-19H,5-6,8H2,1-2H3,(H,15,20)(H,16,17)/t11-/m0/s1. The lowest BCUT2D eigenvalue weighted by Crippen LogP contribution is -2.46. The largest absolute Gasteiger partial charge is 0.396 e. The molecule has 0 unspecified atom stereocenters. The fraction of sp³-hybridized carbons (Fsp3) is 0.538. The zero-order valence-corrected chi connectivity index (χ0v) is 14.4. The number of sulfonamides is 1. The fourth-order valence-corrected chi connectivity index (χ4v) is 2.52. The number of pyridine rings is 1. The third-order valence-electron chi connectivity index (χ3n) is 3.05. The van der Waals surface area contributed by atoms with Crippen molar-refractivity contribution in [2.75, 3.05) is 23.6 Å². The van der Waals surface area contributed by atoms with Crippen LogP contribution in [0.5, 0.6) is 0 Å². The Morgan fingerprint density at radius 3 is 2.61 bits per heavy atom. The number of rotatable bonds is 8. The van der Waals surface area contributed by atoms with Crippen LogP contribution in [0.2, 0.25) is 5.02 Å². The maximum Gasteiger partial charge on any atom is 0.249 e. The Labute approximate surface area is 139 Å². The third kappa shape index (κ3) is 6.30. The van der Waals surface area contributed by atoms with Crippen molar-refractivity contribution >= 4 is 33.3 Å². The minimum atomic E-state index is -3.71. The molecule has 1 heterocycles. The maximum absolute atomic E-state index is 11.9. The number of aliphatic hydroxyl groups is 2. The van der Waals surface area contributed by atoms with Gasteiger partial charge < -0.3 is 15.5 Å². The molecule has 23 heavy (non-hydrogen) atoms. The van der Waals surface area contributed by atoms with E-state index >= 15 is 0 Å². The smallest absolute Gasteiger partial charge is 0.249 e. The number of carbonyl (C=O) groups is 1. The molecule has 0 bridgehead atoms. The molecule has 0 aliphatic carbocycles. The van der Waals surface area contributed by atoms with E-state index in [2.05, 4.69) is 15.0 Å². The second-order valence-corrected chi connectivity index (χ2v) is 7.90. The number of nitrogens with one attached hydrogen (secondary N) is 2. The van der Waals surface area contributed by atoms with Crippen molar-refractivity contribution in [3.05, 3.63) is 23.4 Å². The molecule has 4 N–H and O–H groups in total. The highest BCUT2D eigenvalue weighted by Crippen LogP contribution is 2.19. The van der Waals surface area contributed by atoms with Crippen molar-refractivity contribution in [1.82, 2.24) is 10.3 Å². The van der Waals surface area contributed by atoms with E-state index in [4.69, 9.17) is 16.7 Å². The van der Waals surface area contributed by atoms with E-state index < -0.39 is 33.2 Å². The molecule has 1 aromatic heterocycles. The predicted octanol–water partition coefficient (Wildman–Crippen LogP) is -0.0277. The molecular weight excluding hydrogens is 346 g/mol. The first-order valence-electron chi connectivity index (χ1n) is 6.76. The number of anilines is 1. The van der Waals surface area contributed by atoms with Crippen LogP contribution >= 0.6 is 11.6 Å². The number of aromatic nitrogens is 1. The summed E-state index contributed by atoms with van der Waals surface area (Å²) in [5.41, 5.74) is -1.02. The first-order valence-corrected chi connectivity index (χ1v) is 8.79. The molecule has 0 saturated heterocycles. The monoisotopic (exact) mass is 365 g/mol. The van der Waals surface area contributed by atoms with Crippen molar-refractivity contribution < 1.29 is 23.4 Å². The highest BCUT2D eigenvalue weighted by atomic mass is 35.5. The summed E-state index contributed by atoms with van der Waals surface area (Å²) in [5.74, 6) is -1.03. The molecule has 130 valence electrons. The molecule has 1 aromatic rings. The molecular formula is C13H20ClN3O5S. The van der Waals surface area contributed by atoms with Crippen molar-refractivity contribution in [2.45, 2.75) is 20.0 Å². The van der Waals surface area contributed by atoms with E-state index in [-0.39, 0.29) is 19.0 Å². The molecule has 0 radical (unpaired) electrons. The molecule has 1 atom stereocenters. The van der Waals surface area contributed by atoms with Crippen LogP contribution in [0, 0.1) is 5.41 Å². The van der Waals surface area contributed by atoms with Gasteiger partial charge in [0.2, 0.25) is 15.9 Å².